The van der Waals surface area contributed by atoms with E-state index >= 15 is 0 Å². The normalized spacial score (nSPS) is 10.5. The Kier molecular flexibility index (Phi) is 3.49. The molecule has 0 aliphatic carbocycles. The summed E-state index contributed by atoms with van der Waals surface area (Å²) in [6.45, 7) is 1.79. The predicted molar refractivity (Wildman–Crippen MR) is 66.1 cm³/mol. The molecule has 0 saturated carbocycles. The van der Waals surface area contributed by atoms with E-state index in [1.807, 2.05) is 0 Å². The minimum Gasteiger partial charge on any atom is -0.495 e. The first kappa shape index (κ1) is 12.1. The van der Waals surface area contributed by atoms with Crippen LogP contribution >= 0.6 is 23.3 Å². The summed E-state index contributed by atoms with van der Waals surface area (Å²) in [5, 5.41) is 0. The number of hydrogen-bond acceptors (Lipinski definition) is 6. The summed E-state index contributed by atoms with van der Waals surface area (Å²) in [5.74, 6) is 0.747. The number of nitrogens with two attached hydrogens (primary N) is 1. The van der Waals surface area contributed by atoms with Gasteiger partial charge in [-0.2, -0.15) is 4.37 Å². The van der Waals surface area contributed by atoms with Crippen LogP contribution in [-0.2, 0) is 0 Å². The maximum absolute atomic E-state index is 13.7. The number of nitrogen functional groups attached to an aromatic ring is 1. The Balaban J connectivity index is 2.32. The van der Waals surface area contributed by atoms with Crippen molar-refractivity contribution in [3.8, 4) is 5.75 Å². The molecule has 1 aromatic heterocycles. The van der Waals surface area contributed by atoms with E-state index in [4.69, 9.17) is 10.5 Å². The molecule has 0 aliphatic rings. The number of ether oxygens (including phenoxy) is 1. The smallest absolute Gasteiger partial charge is 0.174 e. The largest absolute Gasteiger partial charge is 0.495 e. The number of benzene rings is 1. The lowest BCUT2D eigenvalue weighted by Crippen LogP contribution is -1.94. The zero-order valence-electron chi connectivity index (χ0n) is 9.23. The lowest BCUT2D eigenvalue weighted by molar-refractivity contribution is 0.414. The molecule has 1 aromatic carbocycles. The molecule has 17 heavy (non-hydrogen) atoms. The van der Waals surface area contributed by atoms with E-state index in [0.29, 0.717) is 20.8 Å². The van der Waals surface area contributed by atoms with Gasteiger partial charge in [0.2, 0.25) is 0 Å². The molecule has 0 spiro atoms. The number of halogens is 1. The Labute approximate surface area is 106 Å². The second kappa shape index (κ2) is 4.89. The van der Waals surface area contributed by atoms with Crippen LogP contribution in [-0.4, -0.2) is 16.5 Å². The van der Waals surface area contributed by atoms with Crippen molar-refractivity contribution >= 4 is 29.0 Å². The van der Waals surface area contributed by atoms with Gasteiger partial charge in [0, 0.05) is 6.07 Å². The number of aromatic nitrogens is 2. The maximum atomic E-state index is 13.7. The number of nitrogens with zero attached hydrogens (tertiary/aromatic N) is 2. The van der Waals surface area contributed by atoms with Crippen molar-refractivity contribution in [2.75, 3.05) is 12.8 Å². The molecule has 0 radical (unpaired) electrons. The summed E-state index contributed by atoms with van der Waals surface area (Å²) in [7, 11) is 1.49. The summed E-state index contributed by atoms with van der Waals surface area (Å²) >= 11 is 2.44. The highest BCUT2D eigenvalue weighted by Crippen LogP contribution is 2.35. The molecule has 0 bridgehead atoms. The Morgan fingerprint density at radius 2 is 2.24 bits per heavy atom. The van der Waals surface area contributed by atoms with Gasteiger partial charge in [-0.15, -0.1) is 0 Å². The van der Waals surface area contributed by atoms with E-state index in [9.17, 15) is 4.39 Å². The van der Waals surface area contributed by atoms with E-state index in [-0.39, 0.29) is 11.5 Å². The maximum Gasteiger partial charge on any atom is 0.174 e. The lowest BCUT2D eigenvalue weighted by Gasteiger charge is -2.07. The topological polar surface area (TPSA) is 61.0 Å². The summed E-state index contributed by atoms with van der Waals surface area (Å²) in [6.07, 6.45) is 0. The fraction of sp³-hybridized carbons (Fsp3) is 0.200. The highest BCUT2D eigenvalue weighted by Gasteiger charge is 2.12. The molecule has 4 nitrogen and oxygen atoms in total. The quantitative estimate of drug-likeness (QED) is 0.870. The fourth-order valence-electron chi connectivity index (χ4n) is 1.22. The van der Waals surface area contributed by atoms with Crippen LogP contribution in [0.5, 0.6) is 5.75 Å². The molecular formula is C10H10FN3OS2. The Morgan fingerprint density at radius 1 is 1.47 bits per heavy atom. The van der Waals surface area contributed by atoms with Crippen molar-refractivity contribution in [3.05, 3.63) is 23.8 Å². The second-order valence-corrected chi connectivity index (χ2v) is 5.28. The minimum atomic E-state index is -0.388. The molecule has 0 aliphatic heterocycles. The third kappa shape index (κ3) is 2.67. The first-order chi connectivity index (χ1) is 8.10. The minimum absolute atomic E-state index is 0.280. The predicted octanol–water partition coefficient (Wildman–Crippen LogP) is 2.73. The van der Waals surface area contributed by atoms with Crippen LogP contribution in [0.1, 0.15) is 5.82 Å². The van der Waals surface area contributed by atoms with Crippen LogP contribution in [0.15, 0.2) is 21.4 Å². The monoisotopic (exact) mass is 271 g/mol. The Morgan fingerprint density at radius 3 is 2.82 bits per heavy atom. The summed E-state index contributed by atoms with van der Waals surface area (Å²) in [6, 6.07) is 2.81. The van der Waals surface area contributed by atoms with Crippen LogP contribution in [0.4, 0.5) is 10.1 Å². The highest BCUT2D eigenvalue weighted by atomic mass is 32.2. The standard InChI is InChI=1S/C10H10FN3OS2/c1-5-13-10(17-14-5)16-9-4-8(15-2)7(12)3-6(9)11/h3-4H,12H2,1-2H3. The van der Waals surface area contributed by atoms with E-state index in [0.717, 1.165) is 0 Å². The van der Waals surface area contributed by atoms with Gasteiger partial charge < -0.3 is 10.5 Å². The molecule has 0 atom stereocenters. The van der Waals surface area contributed by atoms with Crippen LogP contribution in [0.25, 0.3) is 0 Å². The van der Waals surface area contributed by atoms with Crippen LogP contribution in [0.2, 0.25) is 0 Å². The van der Waals surface area contributed by atoms with Crippen molar-refractivity contribution < 1.29 is 9.13 Å². The number of methoxy groups -OCH3 is 1. The molecule has 2 rings (SSSR count). The molecule has 7 heteroatoms. The van der Waals surface area contributed by atoms with Gasteiger partial charge in [-0.3, -0.25) is 0 Å². The van der Waals surface area contributed by atoms with E-state index < -0.39 is 0 Å². The van der Waals surface area contributed by atoms with Crippen LogP contribution in [0.3, 0.4) is 0 Å². The van der Waals surface area contributed by atoms with Gasteiger partial charge in [0.15, 0.2) is 4.34 Å². The van der Waals surface area contributed by atoms with Crippen LogP contribution in [0, 0.1) is 12.7 Å². The van der Waals surface area contributed by atoms with E-state index in [1.165, 1.54) is 36.5 Å². The zero-order chi connectivity index (χ0) is 12.4. The third-order valence-corrected chi connectivity index (χ3v) is 3.87. The summed E-state index contributed by atoms with van der Waals surface area (Å²) < 4.78 is 23.4. The van der Waals surface area contributed by atoms with Crippen molar-refractivity contribution in [3.63, 3.8) is 0 Å². The van der Waals surface area contributed by atoms with Crippen LogP contribution < -0.4 is 10.5 Å². The summed E-state index contributed by atoms with van der Waals surface area (Å²) in [5.41, 5.74) is 5.88. The van der Waals surface area contributed by atoms with Gasteiger partial charge in [0.25, 0.3) is 0 Å². The average molecular weight is 271 g/mol. The Bertz CT molecular complexity index is 544. The van der Waals surface area contributed by atoms with Gasteiger partial charge >= 0.3 is 0 Å². The number of anilines is 1. The van der Waals surface area contributed by atoms with Gasteiger partial charge in [-0.1, -0.05) is 11.8 Å². The SMILES string of the molecule is COc1cc(Sc2nc(C)ns2)c(F)cc1N. The first-order valence-corrected chi connectivity index (χ1v) is 6.30. The van der Waals surface area contributed by atoms with Gasteiger partial charge in [-0.05, 0) is 24.5 Å². The van der Waals surface area contributed by atoms with Gasteiger partial charge in [0.1, 0.15) is 17.4 Å². The molecule has 0 amide bonds. The molecule has 0 fully saturated rings. The fourth-order valence-corrected chi connectivity index (χ4v) is 2.86. The second-order valence-electron chi connectivity index (χ2n) is 3.23. The van der Waals surface area contributed by atoms with Crippen molar-refractivity contribution in [2.24, 2.45) is 0 Å². The molecule has 0 unspecified atom stereocenters. The van der Waals surface area contributed by atoms with E-state index in [1.54, 1.807) is 13.0 Å². The third-order valence-electron chi connectivity index (χ3n) is 1.99. The zero-order valence-corrected chi connectivity index (χ0v) is 10.9. The van der Waals surface area contributed by atoms with Gasteiger partial charge in [0.05, 0.1) is 17.7 Å². The molecule has 2 aromatic rings. The molecule has 90 valence electrons. The number of rotatable bonds is 3. The van der Waals surface area contributed by atoms with E-state index in [2.05, 4.69) is 9.36 Å². The van der Waals surface area contributed by atoms with Crippen molar-refractivity contribution in [1.29, 1.82) is 0 Å². The van der Waals surface area contributed by atoms with Crippen molar-refractivity contribution in [1.82, 2.24) is 9.36 Å². The number of aryl methyl sites for hydroxylation is 1. The highest BCUT2D eigenvalue weighted by molar-refractivity contribution is 8.01. The molecule has 1 heterocycles. The average Bonchev–Trinajstić information content (AvgIpc) is 2.68. The van der Waals surface area contributed by atoms with Crippen molar-refractivity contribution in [2.45, 2.75) is 16.2 Å². The first-order valence-electron chi connectivity index (χ1n) is 4.71. The number of hydrogen-bond donors (Lipinski definition) is 1. The Hall–Kier alpha value is -1.34. The lowest BCUT2D eigenvalue weighted by atomic mass is 10.3. The van der Waals surface area contributed by atoms with Gasteiger partial charge in [-0.25, -0.2) is 9.37 Å². The molecular weight excluding hydrogens is 261 g/mol. The molecule has 2 N–H and O–H groups in total. The molecule has 0 saturated heterocycles. The summed E-state index contributed by atoms with van der Waals surface area (Å²) in [4.78, 5) is 4.58.